The molecule has 0 radical (unpaired) electrons. The maximum atomic E-state index is 13.2. The second-order valence-electron chi connectivity index (χ2n) is 8.15. The van der Waals surface area contributed by atoms with Crippen molar-refractivity contribution in [1.29, 1.82) is 0 Å². The quantitative estimate of drug-likeness (QED) is 0.205. The third kappa shape index (κ3) is 6.04. The third-order valence-corrected chi connectivity index (χ3v) is 7.63. The fraction of sp³-hybridized carbons (Fsp3) is 0.115. The van der Waals surface area contributed by atoms with Crippen molar-refractivity contribution < 1.29 is 31.7 Å². The van der Waals surface area contributed by atoms with E-state index in [2.05, 4.69) is 5.32 Å². The number of nitrogens with one attached hydrogen (secondary N) is 1. The fourth-order valence-corrected chi connectivity index (χ4v) is 5.11. The van der Waals surface area contributed by atoms with Gasteiger partial charge >= 0.3 is 16.1 Å². The number of nitrogens with zero attached hydrogens (tertiary/aromatic N) is 1. The highest BCUT2D eigenvalue weighted by Crippen LogP contribution is 2.39. The van der Waals surface area contributed by atoms with Gasteiger partial charge in [-0.05, 0) is 79.6 Å². The zero-order valence-corrected chi connectivity index (χ0v) is 23.4. The van der Waals surface area contributed by atoms with Crippen LogP contribution < -0.4 is 19.1 Å². The highest BCUT2D eigenvalue weighted by Gasteiger charge is 2.37. The average molecular weight is 610 g/mol. The summed E-state index contributed by atoms with van der Waals surface area (Å²) < 4.78 is 36.5. The van der Waals surface area contributed by atoms with Crippen LogP contribution in [0.25, 0.3) is 6.08 Å². The minimum Gasteiger partial charge on any atom is -0.490 e. The van der Waals surface area contributed by atoms with Crippen LogP contribution in [0.5, 0.6) is 11.5 Å². The Labute approximate surface area is 239 Å². The van der Waals surface area contributed by atoms with Crippen molar-refractivity contribution in [2.24, 2.45) is 0 Å². The first kappa shape index (κ1) is 28.4. The van der Waals surface area contributed by atoms with Crippen LogP contribution >= 0.6 is 34.8 Å². The number of amides is 4. The van der Waals surface area contributed by atoms with E-state index in [1.54, 1.807) is 19.9 Å². The van der Waals surface area contributed by atoms with Gasteiger partial charge in [-0.1, -0.05) is 40.9 Å². The van der Waals surface area contributed by atoms with E-state index in [1.807, 2.05) is 0 Å². The van der Waals surface area contributed by atoms with Gasteiger partial charge in [-0.25, -0.2) is 9.69 Å². The standard InChI is InChI=1S/C26H19Cl3N2O7S/c1-3-37-22-12-15(11-21(29)23(22)38-39(35,36)18-8-5-16(27)6-9-18)10-19-24(32)30-26(34)31(25(19)33)17-7-4-14(2)20(28)13-17/h4-13H,3H2,1-2H3,(H,30,32,34)/b19-10+. The van der Waals surface area contributed by atoms with Crippen molar-refractivity contribution in [1.82, 2.24) is 5.32 Å². The molecule has 1 aliphatic heterocycles. The van der Waals surface area contributed by atoms with Gasteiger partial charge < -0.3 is 8.92 Å². The number of carbonyl (C=O) groups is 3. The van der Waals surface area contributed by atoms with Crippen LogP contribution in [-0.2, 0) is 19.7 Å². The lowest BCUT2D eigenvalue weighted by Crippen LogP contribution is -2.54. The van der Waals surface area contributed by atoms with Crippen LogP contribution in [0, 0.1) is 6.92 Å². The van der Waals surface area contributed by atoms with Gasteiger partial charge in [0.1, 0.15) is 10.5 Å². The van der Waals surface area contributed by atoms with Crippen molar-refractivity contribution >= 4 is 74.5 Å². The first-order chi connectivity index (χ1) is 18.4. The second-order valence-corrected chi connectivity index (χ2v) is 10.9. The zero-order valence-electron chi connectivity index (χ0n) is 20.3. The van der Waals surface area contributed by atoms with Crippen LogP contribution in [0.2, 0.25) is 15.1 Å². The molecule has 1 heterocycles. The molecular formula is C26H19Cl3N2O7S. The Balaban J connectivity index is 1.72. The smallest absolute Gasteiger partial charge is 0.339 e. The van der Waals surface area contributed by atoms with Gasteiger partial charge in [0.25, 0.3) is 11.8 Å². The van der Waals surface area contributed by atoms with Gasteiger partial charge in [0, 0.05) is 10.0 Å². The molecule has 0 aliphatic carbocycles. The monoisotopic (exact) mass is 608 g/mol. The maximum absolute atomic E-state index is 13.2. The molecule has 202 valence electrons. The van der Waals surface area contributed by atoms with Crippen molar-refractivity contribution in [3.8, 4) is 11.5 Å². The van der Waals surface area contributed by atoms with Crippen LogP contribution in [0.15, 0.2) is 65.1 Å². The summed E-state index contributed by atoms with van der Waals surface area (Å²) in [5.41, 5.74) is 0.716. The van der Waals surface area contributed by atoms with Gasteiger partial charge in [0.05, 0.1) is 17.3 Å². The summed E-state index contributed by atoms with van der Waals surface area (Å²) >= 11 is 18.4. The second kappa shape index (κ2) is 11.3. The molecule has 39 heavy (non-hydrogen) atoms. The predicted octanol–water partition coefficient (Wildman–Crippen LogP) is 5.79. The van der Waals surface area contributed by atoms with Crippen LogP contribution in [0.1, 0.15) is 18.1 Å². The van der Waals surface area contributed by atoms with Crippen molar-refractivity contribution in [2.45, 2.75) is 18.7 Å². The topological polar surface area (TPSA) is 119 Å². The van der Waals surface area contributed by atoms with Crippen molar-refractivity contribution in [2.75, 3.05) is 11.5 Å². The minimum atomic E-state index is -4.31. The van der Waals surface area contributed by atoms with E-state index in [1.165, 1.54) is 54.6 Å². The molecule has 3 aromatic carbocycles. The molecule has 4 amide bonds. The van der Waals surface area contributed by atoms with Crippen LogP contribution in [0.3, 0.4) is 0 Å². The molecule has 1 saturated heterocycles. The number of hydrogen-bond donors (Lipinski definition) is 1. The lowest BCUT2D eigenvalue weighted by atomic mass is 10.1. The Bertz CT molecular complexity index is 1640. The van der Waals surface area contributed by atoms with Crippen LogP contribution in [0.4, 0.5) is 10.5 Å². The molecule has 1 aliphatic rings. The molecular weight excluding hydrogens is 591 g/mol. The summed E-state index contributed by atoms with van der Waals surface area (Å²) in [7, 11) is -4.31. The molecule has 0 atom stereocenters. The first-order valence-electron chi connectivity index (χ1n) is 11.2. The molecule has 3 aromatic rings. The summed E-state index contributed by atoms with van der Waals surface area (Å²) in [6.45, 7) is 3.53. The van der Waals surface area contributed by atoms with E-state index >= 15 is 0 Å². The van der Waals surface area contributed by atoms with E-state index in [9.17, 15) is 22.8 Å². The summed E-state index contributed by atoms with van der Waals surface area (Å²) in [5, 5.41) is 2.61. The zero-order chi connectivity index (χ0) is 28.5. The molecule has 4 rings (SSSR count). The Hall–Kier alpha value is -3.57. The third-order valence-electron chi connectivity index (χ3n) is 5.45. The number of carbonyl (C=O) groups excluding carboxylic acids is 3. The average Bonchev–Trinajstić information content (AvgIpc) is 2.86. The summed E-state index contributed by atoms with van der Waals surface area (Å²) in [6.07, 6.45) is 1.19. The van der Waals surface area contributed by atoms with Crippen molar-refractivity contribution in [3.63, 3.8) is 0 Å². The molecule has 0 aromatic heterocycles. The van der Waals surface area contributed by atoms with E-state index in [0.29, 0.717) is 10.0 Å². The Morgan fingerprint density at radius 3 is 2.28 bits per heavy atom. The van der Waals surface area contributed by atoms with E-state index in [0.717, 1.165) is 10.5 Å². The fourth-order valence-electron chi connectivity index (χ4n) is 3.55. The highest BCUT2D eigenvalue weighted by molar-refractivity contribution is 7.87. The summed E-state index contributed by atoms with van der Waals surface area (Å²) in [5.74, 6) is -2.18. The van der Waals surface area contributed by atoms with Crippen molar-refractivity contribution in [3.05, 3.63) is 86.4 Å². The van der Waals surface area contributed by atoms with Gasteiger partial charge in [-0.15, -0.1) is 0 Å². The minimum absolute atomic E-state index is 0.0590. The highest BCUT2D eigenvalue weighted by atomic mass is 35.5. The van der Waals surface area contributed by atoms with Gasteiger partial charge in [-0.2, -0.15) is 8.42 Å². The Kier molecular flexibility index (Phi) is 8.22. The Morgan fingerprint density at radius 1 is 0.949 bits per heavy atom. The molecule has 0 bridgehead atoms. The number of halogens is 3. The Morgan fingerprint density at radius 2 is 1.64 bits per heavy atom. The molecule has 1 N–H and O–H groups in total. The lowest BCUT2D eigenvalue weighted by Gasteiger charge is -2.26. The number of anilines is 1. The van der Waals surface area contributed by atoms with Gasteiger partial charge in [0.2, 0.25) is 5.75 Å². The number of ether oxygens (including phenoxy) is 1. The number of rotatable bonds is 7. The largest absolute Gasteiger partial charge is 0.490 e. The number of benzene rings is 3. The van der Waals surface area contributed by atoms with Crippen LogP contribution in [-0.4, -0.2) is 32.9 Å². The number of urea groups is 1. The predicted molar refractivity (Wildman–Crippen MR) is 147 cm³/mol. The molecule has 0 saturated carbocycles. The number of imide groups is 2. The summed E-state index contributed by atoms with van der Waals surface area (Å²) in [6, 6.07) is 11.6. The normalized spacial score (nSPS) is 14.9. The molecule has 0 unspecified atom stereocenters. The SMILES string of the molecule is CCOc1cc(/C=C2\C(=O)NC(=O)N(c3ccc(C)c(Cl)c3)C2=O)cc(Cl)c1OS(=O)(=O)c1ccc(Cl)cc1. The van der Waals surface area contributed by atoms with Gasteiger partial charge in [0.15, 0.2) is 5.75 Å². The molecule has 13 heteroatoms. The molecule has 1 fully saturated rings. The molecule has 0 spiro atoms. The number of barbiturate groups is 1. The van der Waals surface area contributed by atoms with E-state index < -0.39 is 28.0 Å². The van der Waals surface area contributed by atoms with Gasteiger partial charge in [-0.3, -0.25) is 14.9 Å². The lowest BCUT2D eigenvalue weighted by molar-refractivity contribution is -0.122. The van der Waals surface area contributed by atoms with E-state index in [-0.39, 0.29) is 44.8 Å². The summed E-state index contributed by atoms with van der Waals surface area (Å²) in [4.78, 5) is 38.9. The first-order valence-corrected chi connectivity index (χ1v) is 13.8. The van der Waals surface area contributed by atoms with E-state index in [4.69, 9.17) is 43.7 Å². The number of hydrogen-bond acceptors (Lipinski definition) is 7. The molecule has 9 nitrogen and oxygen atoms in total. The number of aryl methyl sites for hydroxylation is 1. The maximum Gasteiger partial charge on any atom is 0.339 e.